The highest BCUT2D eigenvalue weighted by Crippen LogP contribution is 2.41. The molecule has 0 atom stereocenters. The minimum Gasteiger partial charge on any atom is -0.294 e. The van der Waals surface area contributed by atoms with Gasteiger partial charge in [-0.3, -0.25) is 9.38 Å². The predicted molar refractivity (Wildman–Crippen MR) is 154 cm³/mol. The summed E-state index contributed by atoms with van der Waals surface area (Å²) in [6.07, 6.45) is 8.35. The first kappa shape index (κ1) is 19.4. The Kier molecular flexibility index (Phi) is 3.64. The van der Waals surface area contributed by atoms with Crippen molar-refractivity contribution in [2.24, 2.45) is 0 Å². The molecule has 3 heteroatoms. The summed E-state index contributed by atoms with van der Waals surface area (Å²) in [4.78, 5) is 9.97. The third-order valence-corrected chi connectivity index (χ3v) is 8.21. The van der Waals surface area contributed by atoms with Gasteiger partial charge in [-0.2, -0.15) is 0 Å². The summed E-state index contributed by atoms with van der Waals surface area (Å²) >= 11 is 0. The van der Waals surface area contributed by atoms with Gasteiger partial charge < -0.3 is 0 Å². The average molecular weight is 472 g/mol. The molecule has 3 nitrogen and oxygen atoms in total. The van der Waals surface area contributed by atoms with Gasteiger partial charge in [0.15, 0.2) is 0 Å². The molecule has 0 N–H and O–H groups in total. The van der Waals surface area contributed by atoms with Crippen molar-refractivity contribution in [3.05, 3.63) is 109 Å². The van der Waals surface area contributed by atoms with Crippen LogP contribution in [-0.2, 0) is 6.42 Å². The Morgan fingerprint density at radius 3 is 2.43 bits per heavy atom. The van der Waals surface area contributed by atoms with E-state index in [1.807, 2.05) is 12.3 Å². The topological polar surface area (TPSA) is 30.2 Å². The number of hydrogen-bond donors (Lipinski definition) is 0. The van der Waals surface area contributed by atoms with E-state index in [4.69, 9.17) is 9.97 Å². The zero-order valence-corrected chi connectivity index (χ0v) is 20.1. The molecule has 0 amide bonds. The lowest BCUT2D eigenvalue weighted by molar-refractivity contribution is 0.921. The van der Waals surface area contributed by atoms with Gasteiger partial charge in [0.1, 0.15) is 5.65 Å². The molecule has 3 heterocycles. The second-order valence-electron chi connectivity index (χ2n) is 10.1. The largest absolute Gasteiger partial charge is 0.294 e. The number of nitrogens with zero attached hydrogens (tertiary/aromatic N) is 3. The van der Waals surface area contributed by atoms with E-state index in [-0.39, 0.29) is 0 Å². The highest BCUT2D eigenvalue weighted by Gasteiger charge is 2.19. The molecule has 5 aromatic carbocycles. The predicted octanol–water partition coefficient (Wildman–Crippen LogP) is 8.56. The molecule has 0 saturated carbocycles. The van der Waals surface area contributed by atoms with Crippen molar-refractivity contribution in [1.82, 2.24) is 14.4 Å². The van der Waals surface area contributed by atoms with Gasteiger partial charge in [-0.1, -0.05) is 66.7 Å². The molecule has 0 fully saturated rings. The second-order valence-corrected chi connectivity index (χ2v) is 10.1. The van der Waals surface area contributed by atoms with Crippen LogP contribution in [0.25, 0.3) is 77.0 Å². The lowest BCUT2D eigenvalue weighted by Gasteiger charge is -2.15. The summed E-state index contributed by atoms with van der Waals surface area (Å²) < 4.78 is 2.33. The normalized spacial score (nSPS) is 13.6. The molecule has 8 aromatic rings. The van der Waals surface area contributed by atoms with Crippen molar-refractivity contribution in [1.29, 1.82) is 0 Å². The highest BCUT2D eigenvalue weighted by molar-refractivity contribution is 6.25. The molecule has 9 rings (SSSR count). The Bertz CT molecular complexity index is 2230. The van der Waals surface area contributed by atoms with Crippen molar-refractivity contribution < 1.29 is 0 Å². The minimum absolute atomic E-state index is 1.00. The Balaban J connectivity index is 1.39. The zero-order valence-electron chi connectivity index (χ0n) is 20.1. The van der Waals surface area contributed by atoms with Crippen LogP contribution in [0.2, 0.25) is 0 Å². The number of aryl methyl sites for hydroxylation is 1. The van der Waals surface area contributed by atoms with E-state index in [2.05, 4.69) is 95.4 Å². The molecule has 0 bridgehead atoms. The minimum atomic E-state index is 1.00. The maximum atomic E-state index is 5.09. The molecular formula is C34H21N3. The Hall–Kier alpha value is -4.76. The van der Waals surface area contributed by atoms with Crippen LogP contribution in [0.15, 0.2) is 97.2 Å². The van der Waals surface area contributed by atoms with Crippen molar-refractivity contribution in [3.8, 4) is 11.1 Å². The number of rotatable bonds is 1. The van der Waals surface area contributed by atoms with Crippen LogP contribution in [-0.4, -0.2) is 14.4 Å². The van der Waals surface area contributed by atoms with Crippen LogP contribution in [0.5, 0.6) is 0 Å². The van der Waals surface area contributed by atoms with Gasteiger partial charge in [-0.05, 0) is 86.6 Å². The number of allylic oxidation sites excluding steroid dienone is 1. The van der Waals surface area contributed by atoms with Gasteiger partial charge in [0.2, 0.25) is 0 Å². The SMILES string of the molecule is C1=Cc2nc3c4ccc(-c5ccc6ccc7cccc8ccc5c6c78)cc4c4ncccc4n3c2CC1. The van der Waals surface area contributed by atoms with Crippen molar-refractivity contribution >= 4 is 65.8 Å². The molecule has 0 saturated heterocycles. The van der Waals surface area contributed by atoms with E-state index in [0.717, 1.165) is 46.0 Å². The van der Waals surface area contributed by atoms with E-state index in [0.29, 0.717) is 0 Å². The fourth-order valence-corrected chi connectivity index (χ4v) is 6.57. The highest BCUT2D eigenvalue weighted by atomic mass is 15.0. The Morgan fingerprint density at radius 2 is 1.51 bits per heavy atom. The molecule has 0 radical (unpaired) electrons. The van der Waals surface area contributed by atoms with Gasteiger partial charge >= 0.3 is 0 Å². The third kappa shape index (κ3) is 2.51. The maximum Gasteiger partial charge on any atom is 0.146 e. The number of pyridine rings is 2. The van der Waals surface area contributed by atoms with E-state index in [1.54, 1.807) is 0 Å². The Labute approximate surface area is 212 Å². The first-order valence-electron chi connectivity index (χ1n) is 12.9. The van der Waals surface area contributed by atoms with Gasteiger partial charge in [0.05, 0.1) is 22.4 Å². The lowest BCUT2D eigenvalue weighted by Crippen LogP contribution is -2.00. The lowest BCUT2D eigenvalue weighted by atomic mass is 9.89. The molecule has 1 aliphatic rings. The van der Waals surface area contributed by atoms with Gasteiger partial charge in [0, 0.05) is 17.0 Å². The summed E-state index contributed by atoms with van der Waals surface area (Å²) in [5.41, 5.74) is 8.00. The number of hydrogen-bond acceptors (Lipinski definition) is 2. The van der Waals surface area contributed by atoms with Gasteiger partial charge in [-0.15, -0.1) is 0 Å². The summed E-state index contributed by atoms with van der Waals surface area (Å²) in [6.45, 7) is 0. The molecule has 0 aliphatic heterocycles. The van der Waals surface area contributed by atoms with Crippen molar-refractivity contribution in [2.75, 3.05) is 0 Å². The summed E-state index contributed by atoms with van der Waals surface area (Å²) in [7, 11) is 0. The van der Waals surface area contributed by atoms with Crippen LogP contribution in [0.1, 0.15) is 17.8 Å². The van der Waals surface area contributed by atoms with Crippen molar-refractivity contribution in [3.63, 3.8) is 0 Å². The molecule has 0 spiro atoms. The second kappa shape index (κ2) is 6.92. The van der Waals surface area contributed by atoms with Gasteiger partial charge in [0.25, 0.3) is 0 Å². The molecule has 1 aliphatic carbocycles. The number of aromatic nitrogens is 3. The standard InChI is InChI=1S/C34H21N3/c1-2-8-29-28(7-1)36-34-26-17-14-23(19-27(26)33-30(37(29)34)9-4-18-35-33)24-15-12-22-11-10-20-5-3-6-21-13-16-25(24)32(22)31(20)21/h1,3-7,9-19H,2,8H2. The van der Waals surface area contributed by atoms with Gasteiger partial charge in [-0.25, -0.2) is 4.98 Å². The van der Waals surface area contributed by atoms with E-state index in [1.165, 1.54) is 49.1 Å². The van der Waals surface area contributed by atoms with Crippen LogP contribution < -0.4 is 0 Å². The molecule has 172 valence electrons. The fourth-order valence-electron chi connectivity index (χ4n) is 6.57. The molecule has 0 unspecified atom stereocenters. The summed E-state index contributed by atoms with van der Waals surface area (Å²) in [6, 6.07) is 31.2. The zero-order chi connectivity index (χ0) is 24.1. The number of fused-ring (bicyclic) bond motifs is 8. The van der Waals surface area contributed by atoms with Crippen molar-refractivity contribution in [2.45, 2.75) is 12.8 Å². The fraction of sp³-hybridized carbons (Fsp3) is 0.0588. The van der Waals surface area contributed by atoms with E-state index >= 15 is 0 Å². The van der Waals surface area contributed by atoms with Crippen LogP contribution >= 0.6 is 0 Å². The Morgan fingerprint density at radius 1 is 0.703 bits per heavy atom. The first-order valence-corrected chi connectivity index (χ1v) is 12.9. The quantitative estimate of drug-likeness (QED) is 0.225. The number of benzene rings is 5. The molecule has 37 heavy (non-hydrogen) atoms. The average Bonchev–Trinajstić information content (AvgIpc) is 3.36. The van der Waals surface area contributed by atoms with Crippen LogP contribution in [0, 0.1) is 0 Å². The van der Waals surface area contributed by atoms with Crippen LogP contribution in [0.3, 0.4) is 0 Å². The monoisotopic (exact) mass is 471 g/mol. The first-order chi connectivity index (χ1) is 18.3. The summed E-state index contributed by atoms with van der Waals surface area (Å²) in [5.74, 6) is 0. The number of imidazole rings is 1. The third-order valence-electron chi connectivity index (χ3n) is 8.21. The molecular weight excluding hydrogens is 450 g/mol. The maximum absolute atomic E-state index is 5.09. The summed E-state index contributed by atoms with van der Waals surface area (Å²) in [5, 5.41) is 10.2. The molecule has 3 aromatic heterocycles. The van der Waals surface area contributed by atoms with Crippen LogP contribution in [0.4, 0.5) is 0 Å². The van der Waals surface area contributed by atoms with E-state index < -0.39 is 0 Å². The smallest absolute Gasteiger partial charge is 0.146 e. The van der Waals surface area contributed by atoms with E-state index in [9.17, 15) is 0 Å².